The van der Waals surface area contributed by atoms with Gasteiger partial charge in [-0.05, 0) is 0 Å². The van der Waals surface area contributed by atoms with Crippen LogP contribution in [0, 0.1) is 0 Å². The Hall–Kier alpha value is -2.48. The van der Waals surface area contributed by atoms with Gasteiger partial charge in [-0.15, -0.1) is 0 Å². The van der Waals surface area contributed by atoms with E-state index < -0.39 is 0 Å². The highest BCUT2D eigenvalue weighted by Gasteiger charge is 2.19. The Morgan fingerprint density at radius 3 is 2.73 bits per heavy atom. The number of aromatic nitrogens is 6. The summed E-state index contributed by atoms with van der Waals surface area (Å²) in [7, 11) is 0. The van der Waals surface area contributed by atoms with Crippen LogP contribution in [0.15, 0.2) is 37.4 Å². The maximum absolute atomic E-state index is 4.28. The molecule has 0 aliphatic carbocycles. The monoisotopic (exact) mass is 298 g/mol. The number of hydrogen-bond donors (Lipinski definition) is 0. The Morgan fingerprint density at radius 1 is 1.00 bits per heavy atom. The first-order chi connectivity index (χ1) is 10.9. The molecule has 114 valence electrons. The molecule has 0 amide bonds. The van der Waals surface area contributed by atoms with Crippen LogP contribution in [-0.2, 0) is 6.54 Å². The summed E-state index contributed by atoms with van der Waals surface area (Å²) in [6, 6.07) is 0. The number of piperazine rings is 1. The van der Waals surface area contributed by atoms with Crippen LogP contribution in [0.5, 0.6) is 0 Å². The van der Waals surface area contributed by atoms with Gasteiger partial charge >= 0.3 is 0 Å². The molecule has 8 nitrogen and oxygen atoms in total. The molecule has 8 heteroatoms. The number of fused-ring (bicyclic) bond motifs is 1. The number of anilines is 1. The summed E-state index contributed by atoms with van der Waals surface area (Å²) < 4.78 is 3.97. The van der Waals surface area contributed by atoms with E-state index in [-0.39, 0.29) is 0 Å². The summed E-state index contributed by atoms with van der Waals surface area (Å²) in [5.41, 5.74) is 0.792. The standard InChI is InChI=1S/C14H18N8/c1-2-20(12-15-1)4-3-19-5-7-21(8-6-19)14-10-16-9-13-17-11-18-22(13)14/h1-2,9-12H,3-8H2. The van der Waals surface area contributed by atoms with E-state index in [2.05, 4.69) is 34.4 Å². The average molecular weight is 298 g/mol. The minimum Gasteiger partial charge on any atom is -0.353 e. The van der Waals surface area contributed by atoms with Crippen molar-refractivity contribution in [1.29, 1.82) is 0 Å². The van der Waals surface area contributed by atoms with Crippen molar-refractivity contribution in [2.24, 2.45) is 0 Å². The molecule has 3 aromatic heterocycles. The fourth-order valence-electron chi connectivity index (χ4n) is 2.83. The molecule has 0 aromatic carbocycles. The molecular weight excluding hydrogens is 280 g/mol. The summed E-state index contributed by atoms with van der Waals surface area (Å²) in [6.45, 7) is 6.07. The summed E-state index contributed by atoms with van der Waals surface area (Å²) in [5, 5.41) is 4.28. The van der Waals surface area contributed by atoms with E-state index in [1.807, 2.05) is 29.4 Å². The Balaban J connectivity index is 1.38. The van der Waals surface area contributed by atoms with Gasteiger partial charge in [0.05, 0.1) is 18.7 Å². The van der Waals surface area contributed by atoms with Crippen molar-refractivity contribution in [3.05, 3.63) is 37.4 Å². The van der Waals surface area contributed by atoms with Crippen molar-refractivity contribution in [2.45, 2.75) is 6.54 Å². The van der Waals surface area contributed by atoms with Crippen LogP contribution in [0.4, 0.5) is 5.82 Å². The minimum absolute atomic E-state index is 0.792. The predicted molar refractivity (Wildman–Crippen MR) is 81.7 cm³/mol. The van der Waals surface area contributed by atoms with Gasteiger partial charge in [-0.3, -0.25) is 9.88 Å². The molecule has 0 atom stereocenters. The van der Waals surface area contributed by atoms with Gasteiger partial charge in [-0.25, -0.2) is 9.97 Å². The number of rotatable bonds is 4. The van der Waals surface area contributed by atoms with Gasteiger partial charge in [-0.2, -0.15) is 9.61 Å². The summed E-state index contributed by atoms with van der Waals surface area (Å²) in [5.74, 6) is 1.02. The van der Waals surface area contributed by atoms with E-state index in [1.54, 1.807) is 12.5 Å². The second-order valence-electron chi connectivity index (χ2n) is 5.42. The topological polar surface area (TPSA) is 67.4 Å². The molecule has 4 rings (SSSR count). The lowest BCUT2D eigenvalue weighted by Crippen LogP contribution is -2.47. The Bertz CT molecular complexity index is 726. The molecule has 0 radical (unpaired) electrons. The van der Waals surface area contributed by atoms with Crippen LogP contribution in [-0.4, -0.2) is 66.8 Å². The van der Waals surface area contributed by atoms with Crippen molar-refractivity contribution >= 4 is 11.5 Å². The molecule has 1 fully saturated rings. The van der Waals surface area contributed by atoms with Crippen molar-refractivity contribution in [2.75, 3.05) is 37.6 Å². The Morgan fingerprint density at radius 2 is 1.91 bits per heavy atom. The average Bonchev–Trinajstić information content (AvgIpc) is 3.24. The zero-order chi connectivity index (χ0) is 14.8. The van der Waals surface area contributed by atoms with Crippen molar-refractivity contribution < 1.29 is 0 Å². The van der Waals surface area contributed by atoms with E-state index in [4.69, 9.17) is 0 Å². The normalized spacial score (nSPS) is 16.5. The molecule has 1 aliphatic rings. The number of nitrogens with zero attached hydrogens (tertiary/aromatic N) is 8. The van der Waals surface area contributed by atoms with E-state index in [0.29, 0.717) is 0 Å². The third-order valence-electron chi connectivity index (χ3n) is 4.10. The van der Waals surface area contributed by atoms with Gasteiger partial charge in [0.25, 0.3) is 0 Å². The third kappa shape index (κ3) is 2.52. The summed E-state index contributed by atoms with van der Waals surface area (Å²) >= 11 is 0. The van der Waals surface area contributed by atoms with Crippen LogP contribution < -0.4 is 4.90 Å². The van der Waals surface area contributed by atoms with Crippen molar-refractivity contribution in [3.63, 3.8) is 0 Å². The smallest absolute Gasteiger partial charge is 0.175 e. The van der Waals surface area contributed by atoms with Crippen LogP contribution in [0.1, 0.15) is 0 Å². The highest BCUT2D eigenvalue weighted by atomic mass is 15.4. The highest BCUT2D eigenvalue weighted by molar-refractivity contribution is 5.46. The molecule has 1 saturated heterocycles. The molecule has 22 heavy (non-hydrogen) atoms. The zero-order valence-electron chi connectivity index (χ0n) is 12.3. The van der Waals surface area contributed by atoms with E-state index >= 15 is 0 Å². The lowest BCUT2D eigenvalue weighted by atomic mass is 10.3. The molecule has 0 N–H and O–H groups in total. The van der Waals surface area contributed by atoms with Crippen LogP contribution >= 0.6 is 0 Å². The van der Waals surface area contributed by atoms with Crippen LogP contribution in [0.2, 0.25) is 0 Å². The Kier molecular flexibility index (Phi) is 3.43. The van der Waals surface area contributed by atoms with Gasteiger partial charge in [0, 0.05) is 51.7 Å². The molecule has 4 heterocycles. The van der Waals surface area contributed by atoms with Gasteiger partial charge in [0.1, 0.15) is 6.33 Å². The fraction of sp³-hybridized carbons (Fsp3) is 0.429. The first-order valence-corrected chi connectivity index (χ1v) is 7.47. The van der Waals surface area contributed by atoms with E-state index in [0.717, 1.165) is 50.7 Å². The second kappa shape index (κ2) is 5.72. The molecule has 1 aliphatic heterocycles. The van der Waals surface area contributed by atoms with Gasteiger partial charge in [0.15, 0.2) is 11.5 Å². The van der Waals surface area contributed by atoms with E-state index in [1.165, 1.54) is 0 Å². The van der Waals surface area contributed by atoms with E-state index in [9.17, 15) is 0 Å². The third-order valence-corrected chi connectivity index (χ3v) is 4.10. The van der Waals surface area contributed by atoms with Crippen molar-refractivity contribution in [1.82, 2.24) is 34.0 Å². The lowest BCUT2D eigenvalue weighted by molar-refractivity contribution is 0.247. The first kappa shape index (κ1) is 13.2. The quantitative estimate of drug-likeness (QED) is 0.683. The summed E-state index contributed by atoms with van der Waals surface area (Å²) in [6.07, 6.45) is 10.9. The largest absolute Gasteiger partial charge is 0.353 e. The van der Waals surface area contributed by atoms with Crippen molar-refractivity contribution in [3.8, 4) is 0 Å². The lowest BCUT2D eigenvalue weighted by Gasteiger charge is -2.35. The van der Waals surface area contributed by atoms with Crippen LogP contribution in [0.3, 0.4) is 0 Å². The second-order valence-corrected chi connectivity index (χ2v) is 5.42. The predicted octanol–water partition coefficient (Wildman–Crippen LogP) is 0.143. The highest BCUT2D eigenvalue weighted by Crippen LogP contribution is 2.15. The molecule has 0 unspecified atom stereocenters. The fourth-order valence-corrected chi connectivity index (χ4v) is 2.83. The SMILES string of the molecule is c1cn(CCN2CCN(c3cncc4ncnn34)CC2)cn1. The number of imidazole rings is 1. The van der Waals surface area contributed by atoms with Gasteiger partial charge in [0.2, 0.25) is 0 Å². The van der Waals surface area contributed by atoms with Gasteiger partial charge < -0.3 is 9.47 Å². The molecular formula is C14H18N8. The molecule has 0 saturated carbocycles. The van der Waals surface area contributed by atoms with Crippen LogP contribution in [0.25, 0.3) is 5.65 Å². The number of hydrogen-bond acceptors (Lipinski definition) is 6. The Labute approximate surface area is 128 Å². The minimum atomic E-state index is 0.792. The molecule has 0 spiro atoms. The maximum Gasteiger partial charge on any atom is 0.175 e. The summed E-state index contributed by atoms with van der Waals surface area (Å²) in [4.78, 5) is 17.3. The maximum atomic E-state index is 4.28. The zero-order valence-corrected chi connectivity index (χ0v) is 12.3. The van der Waals surface area contributed by atoms with Gasteiger partial charge in [-0.1, -0.05) is 0 Å². The molecule has 0 bridgehead atoms. The molecule has 3 aromatic rings. The first-order valence-electron chi connectivity index (χ1n) is 7.47.